The lowest BCUT2D eigenvalue weighted by Crippen LogP contribution is -2.54. The zero-order valence-electron chi connectivity index (χ0n) is 13.0. The Balaban J connectivity index is 1.90. The number of rotatable bonds is 3. The van der Waals surface area contributed by atoms with Crippen molar-refractivity contribution in [3.8, 4) is 0 Å². The number of carbonyl (C=O) groups excluding carboxylic acids is 1. The van der Waals surface area contributed by atoms with Gasteiger partial charge in [0, 0.05) is 24.3 Å². The number of ether oxygens (including phenoxy) is 2. The summed E-state index contributed by atoms with van der Waals surface area (Å²) in [5, 5.41) is -2.89. The topological polar surface area (TPSA) is 102 Å². The highest BCUT2D eigenvalue weighted by atomic mass is 32.2. The van der Waals surface area contributed by atoms with Crippen LogP contribution in [0.1, 0.15) is 39.5 Å². The lowest BCUT2D eigenvalue weighted by atomic mass is 9.87. The van der Waals surface area contributed by atoms with Crippen LogP contribution in [0.15, 0.2) is 0 Å². The third-order valence-electron chi connectivity index (χ3n) is 4.12. The predicted molar refractivity (Wildman–Crippen MR) is 75.3 cm³/mol. The fraction of sp³-hybridized carbons (Fsp3) is 0.923. The minimum absolute atomic E-state index is 0.0894. The Morgan fingerprint density at radius 3 is 2.13 bits per heavy atom. The Labute approximate surface area is 133 Å². The minimum Gasteiger partial charge on any atom is -0.349 e. The van der Waals surface area contributed by atoms with Gasteiger partial charge >= 0.3 is 21.3 Å². The highest BCUT2D eigenvalue weighted by Crippen LogP contribution is 2.39. The fourth-order valence-corrected chi connectivity index (χ4v) is 2.91. The first kappa shape index (κ1) is 18.5. The molecule has 0 radical (unpaired) electrons. The molecule has 1 saturated carbocycles. The molecule has 0 aromatic rings. The lowest BCUT2D eigenvalue weighted by molar-refractivity contribution is -0.311. The average Bonchev–Trinajstić information content (AvgIpc) is 2.44. The van der Waals surface area contributed by atoms with Crippen LogP contribution >= 0.6 is 0 Å². The van der Waals surface area contributed by atoms with Gasteiger partial charge in [-0.25, -0.2) is 0 Å². The maximum atomic E-state index is 13.2. The predicted octanol–water partition coefficient (Wildman–Crippen LogP) is 1.30. The molecule has 23 heavy (non-hydrogen) atoms. The molecule has 0 bridgehead atoms. The van der Waals surface area contributed by atoms with E-state index in [0.29, 0.717) is 38.9 Å². The van der Waals surface area contributed by atoms with E-state index >= 15 is 0 Å². The van der Waals surface area contributed by atoms with Gasteiger partial charge in [-0.1, -0.05) is 13.8 Å². The van der Waals surface area contributed by atoms with Crippen LogP contribution in [0.25, 0.3) is 0 Å². The smallest absolute Gasteiger partial charge is 0.349 e. The number of halogens is 2. The van der Waals surface area contributed by atoms with Gasteiger partial charge in [0.25, 0.3) is 0 Å². The van der Waals surface area contributed by atoms with E-state index in [9.17, 15) is 22.0 Å². The molecule has 0 aromatic heterocycles. The van der Waals surface area contributed by atoms with Gasteiger partial charge in [0.15, 0.2) is 5.79 Å². The fourth-order valence-electron chi connectivity index (χ4n) is 2.61. The third-order valence-corrected chi connectivity index (χ3v) is 4.96. The highest BCUT2D eigenvalue weighted by molar-refractivity contribution is 7.87. The summed E-state index contributed by atoms with van der Waals surface area (Å²) in [4.78, 5) is 11.4. The van der Waals surface area contributed by atoms with E-state index < -0.39 is 33.1 Å². The normalized spacial score (nSPS) is 25.3. The quantitative estimate of drug-likeness (QED) is 0.738. The van der Waals surface area contributed by atoms with Crippen LogP contribution in [0.4, 0.5) is 8.78 Å². The second kappa shape index (κ2) is 5.91. The van der Waals surface area contributed by atoms with Gasteiger partial charge in [0.2, 0.25) is 0 Å². The van der Waals surface area contributed by atoms with Crippen LogP contribution in [0, 0.1) is 5.41 Å². The molecule has 10 heteroatoms. The average molecular weight is 357 g/mol. The maximum absolute atomic E-state index is 13.2. The molecule has 0 aromatic carbocycles. The largest absolute Gasteiger partial charge is 0.446 e. The molecular formula is C13H21F2NO6S. The number of carbonyl (C=O) groups is 1. The van der Waals surface area contributed by atoms with Gasteiger partial charge in [0.05, 0.1) is 13.2 Å². The van der Waals surface area contributed by atoms with Crippen molar-refractivity contribution in [2.24, 2.45) is 5.41 Å². The number of nitrogens with one attached hydrogen (secondary N) is 1. The molecule has 2 N–H and O–H groups in total. The van der Waals surface area contributed by atoms with Crippen molar-refractivity contribution < 1.29 is 36.0 Å². The van der Waals surface area contributed by atoms with E-state index in [1.54, 1.807) is 0 Å². The van der Waals surface area contributed by atoms with Crippen molar-refractivity contribution in [1.29, 1.82) is 0 Å². The van der Waals surface area contributed by atoms with Crippen molar-refractivity contribution in [2.45, 2.75) is 56.6 Å². The second-order valence-corrected chi connectivity index (χ2v) is 8.35. The molecule has 0 atom stereocenters. The number of hydrogen-bond donors (Lipinski definition) is 2. The van der Waals surface area contributed by atoms with Gasteiger partial charge < -0.3 is 14.8 Å². The molecule has 7 nitrogen and oxygen atoms in total. The Kier molecular flexibility index (Phi) is 4.75. The molecule has 2 aliphatic rings. The van der Waals surface area contributed by atoms with E-state index in [4.69, 9.17) is 14.0 Å². The molecular weight excluding hydrogens is 336 g/mol. The lowest BCUT2D eigenvalue weighted by Gasteiger charge is -2.46. The maximum Gasteiger partial charge on any atom is 0.446 e. The summed E-state index contributed by atoms with van der Waals surface area (Å²) < 4.78 is 67.5. The summed E-state index contributed by atoms with van der Waals surface area (Å²) in [7, 11) is -5.79. The Hall–Kier alpha value is -0.840. The van der Waals surface area contributed by atoms with Crippen molar-refractivity contribution in [3.63, 3.8) is 0 Å². The summed E-state index contributed by atoms with van der Waals surface area (Å²) in [6, 6.07) is -0.622. The van der Waals surface area contributed by atoms with Gasteiger partial charge in [-0.3, -0.25) is 9.35 Å². The highest BCUT2D eigenvalue weighted by Gasteiger charge is 2.53. The summed E-state index contributed by atoms with van der Waals surface area (Å²) in [6.45, 7) is 5.04. The Morgan fingerprint density at radius 1 is 1.22 bits per heavy atom. The van der Waals surface area contributed by atoms with Crippen molar-refractivity contribution in [2.75, 3.05) is 13.2 Å². The minimum atomic E-state index is -5.79. The van der Waals surface area contributed by atoms with E-state index in [1.807, 2.05) is 19.2 Å². The Bertz CT molecular complexity index is 557. The van der Waals surface area contributed by atoms with Crippen LogP contribution in [-0.4, -0.2) is 49.2 Å². The van der Waals surface area contributed by atoms with Crippen molar-refractivity contribution in [1.82, 2.24) is 5.32 Å². The van der Waals surface area contributed by atoms with Gasteiger partial charge in [-0.15, -0.1) is 0 Å². The zero-order chi connectivity index (χ0) is 17.5. The summed E-state index contributed by atoms with van der Waals surface area (Å²) >= 11 is 0. The summed E-state index contributed by atoms with van der Waals surface area (Å²) in [5.41, 5.74) is -0.0894. The Morgan fingerprint density at radius 2 is 1.70 bits per heavy atom. The van der Waals surface area contributed by atoms with E-state index in [2.05, 4.69) is 0 Å². The molecule has 2 fully saturated rings. The van der Waals surface area contributed by atoms with E-state index in [1.165, 1.54) is 0 Å². The number of alkyl halides is 2. The summed E-state index contributed by atoms with van der Waals surface area (Å²) in [6.07, 6.45) is 1.44. The van der Waals surface area contributed by atoms with E-state index in [0.717, 1.165) is 0 Å². The first-order valence-corrected chi connectivity index (χ1v) is 8.75. The van der Waals surface area contributed by atoms with Crippen LogP contribution in [0.5, 0.6) is 0 Å². The van der Waals surface area contributed by atoms with Crippen molar-refractivity contribution in [3.05, 3.63) is 0 Å². The van der Waals surface area contributed by atoms with Crippen molar-refractivity contribution >= 4 is 16.0 Å². The number of hydrogen-bond acceptors (Lipinski definition) is 5. The molecule has 1 heterocycles. The molecule has 1 saturated heterocycles. The molecule has 1 amide bonds. The summed E-state index contributed by atoms with van der Waals surface area (Å²) in [5.74, 6) is -2.78. The standard InChI is InChI=1S/C13H21F2NO6S/c1-11(2)7-21-12(22-8-11)5-3-9(4-6-12)16-10(17)13(14,15)23(18,19)20/h9H,3-8H2,1-2H3,(H,16,17)(H,18,19,20). The molecule has 1 aliphatic heterocycles. The third kappa shape index (κ3) is 3.98. The molecule has 0 unspecified atom stereocenters. The van der Waals surface area contributed by atoms with Crippen LogP contribution in [-0.2, 0) is 24.4 Å². The molecule has 2 rings (SSSR count). The first-order chi connectivity index (χ1) is 10.4. The molecule has 1 spiro atoms. The van der Waals surface area contributed by atoms with Crippen LogP contribution < -0.4 is 5.32 Å². The van der Waals surface area contributed by atoms with Gasteiger partial charge in [-0.05, 0) is 12.8 Å². The second-order valence-electron chi connectivity index (χ2n) is 6.89. The van der Waals surface area contributed by atoms with Crippen LogP contribution in [0.2, 0.25) is 0 Å². The van der Waals surface area contributed by atoms with Gasteiger partial charge in [0.1, 0.15) is 0 Å². The molecule has 134 valence electrons. The van der Waals surface area contributed by atoms with Crippen LogP contribution in [0.3, 0.4) is 0 Å². The van der Waals surface area contributed by atoms with Gasteiger partial charge in [-0.2, -0.15) is 17.2 Å². The molecule has 1 aliphatic carbocycles. The first-order valence-electron chi connectivity index (χ1n) is 7.31. The monoisotopic (exact) mass is 357 g/mol. The SMILES string of the molecule is CC1(C)COC2(CCC(NC(=O)C(F)(F)S(=O)(=O)O)CC2)OC1. The van der Waals surface area contributed by atoms with E-state index in [-0.39, 0.29) is 5.41 Å². The zero-order valence-corrected chi connectivity index (χ0v) is 13.8. The number of amides is 1.